The second-order valence-corrected chi connectivity index (χ2v) is 5.23. The van der Waals surface area contributed by atoms with Gasteiger partial charge in [-0.2, -0.15) is 0 Å². The lowest BCUT2D eigenvalue weighted by Crippen LogP contribution is -2.32. The smallest absolute Gasteiger partial charge is 0.303 e. The molecule has 3 nitrogen and oxygen atoms in total. The number of hydrogen-bond donors (Lipinski definition) is 0. The molecular formula is C13H22O3. The average Bonchev–Trinajstić information content (AvgIpc) is 2.59. The molecule has 16 heavy (non-hydrogen) atoms. The van der Waals surface area contributed by atoms with Gasteiger partial charge in [0.1, 0.15) is 11.9 Å². The molecule has 0 saturated heterocycles. The Labute approximate surface area is 97.5 Å². The number of rotatable bonds is 5. The lowest BCUT2D eigenvalue weighted by atomic mass is 9.90. The zero-order valence-electron chi connectivity index (χ0n) is 10.5. The topological polar surface area (TPSA) is 43.4 Å². The first-order chi connectivity index (χ1) is 7.49. The fourth-order valence-corrected chi connectivity index (χ4v) is 2.70. The van der Waals surface area contributed by atoms with E-state index >= 15 is 0 Å². The van der Waals surface area contributed by atoms with Crippen LogP contribution in [-0.2, 0) is 14.3 Å². The van der Waals surface area contributed by atoms with E-state index in [0.717, 1.165) is 25.5 Å². The van der Waals surface area contributed by atoms with Crippen LogP contribution < -0.4 is 0 Å². The predicted molar refractivity (Wildman–Crippen MR) is 62.0 cm³/mol. The van der Waals surface area contributed by atoms with Crippen LogP contribution in [0.25, 0.3) is 0 Å². The number of carbonyl (C=O) groups is 2. The largest absolute Gasteiger partial charge is 0.459 e. The third kappa shape index (κ3) is 3.32. The number of esters is 1. The predicted octanol–water partition coefficient (Wildman–Crippen LogP) is 2.72. The maximum atomic E-state index is 11.1. The Morgan fingerprint density at radius 1 is 1.56 bits per heavy atom. The molecule has 1 fully saturated rings. The van der Waals surface area contributed by atoms with Crippen LogP contribution in [0.15, 0.2) is 0 Å². The third-order valence-corrected chi connectivity index (χ3v) is 3.63. The zero-order valence-corrected chi connectivity index (χ0v) is 10.5. The van der Waals surface area contributed by atoms with Gasteiger partial charge in [-0.15, -0.1) is 0 Å². The van der Waals surface area contributed by atoms with Gasteiger partial charge in [0.2, 0.25) is 0 Å². The Hall–Kier alpha value is -0.860. The van der Waals surface area contributed by atoms with Crippen LogP contribution >= 0.6 is 0 Å². The first kappa shape index (κ1) is 13.2. The Morgan fingerprint density at radius 3 is 2.69 bits per heavy atom. The lowest BCUT2D eigenvalue weighted by Gasteiger charge is -2.29. The molecule has 1 aliphatic carbocycles. The number of carbonyl (C=O) groups excluding carboxylic acids is 2. The molecule has 0 aliphatic heterocycles. The van der Waals surface area contributed by atoms with E-state index in [0.29, 0.717) is 24.7 Å². The average molecular weight is 226 g/mol. The van der Waals surface area contributed by atoms with Crippen LogP contribution in [0.3, 0.4) is 0 Å². The molecule has 0 radical (unpaired) electrons. The van der Waals surface area contributed by atoms with Crippen molar-refractivity contribution in [3.63, 3.8) is 0 Å². The number of aldehydes is 1. The van der Waals surface area contributed by atoms with Crippen LogP contribution in [0.5, 0.6) is 0 Å². The van der Waals surface area contributed by atoms with Crippen LogP contribution in [0.4, 0.5) is 0 Å². The van der Waals surface area contributed by atoms with Crippen molar-refractivity contribution in [1.82, 2.24) is 0 Å². The number of ether oxygens (including phenoxy) is 1. The van der Waals surface area contributed by atoms with Crippen LogP contribution in [0.1, 0.15) is 52.9 Å². The maximum absolute atomic E-state index is 11.1. The fourth-order valence-electron chi connectivity index (χ4n) is 2.70. The summed E-state index contributed by atoms with van der Waals surface area (Å²) in [7, 11) is 0. The van der Waals surface area contributed by atoms with E-state index in [1.165, 1.54) is 6.92 Å². The highest BCUT2D eigenvalue weighted by Crippen LogP contribution is 2.43. The van der Waals surface area contributed by atoms with E-state index in [1.54, 1.807) is 0 Å². The van der Waals surface area contributed by atoms with Crippen molar-refractivity contribution >= 4 is 12.3 Å². The third-order valence-electron chi connectivity index (χ3n) is 3.63. The van der Waals surface area contributed by atoms with Crippen LogP contribution in [0.2, 0.25) is 0 Å². The Bertz CT molecular complexity index is 260. The minimum atomic E-state index is -0.359. The van der Waals surface area contributed by atoms with Gasteiger partial charge in [-0.1, -0.05) is 13.8 Å². The second kappa shape index (κ2) is 5.46. The van der Waals surface area contributed by atoms with Crippen molar-refractivity contribution in [3.05, 3.63) is 0 Å². The molecule has 0 N–H and O–H groups in total. The van der Waals surface area contributed by atoms with Crippen molar-refractivity contribution in [2.45, 2.75) is 58.5 Å². The van der Waals surface area contributed by atoms with Crippen LogP contribution in [0, 0.1) is 11.8 Å². The molecule has 0 heterocycles. The summed E-state index contributed by atoms with van der Waals surface area (Å²) >= 11 is 0. The minimum absolute atomic E-state index is 0.227. The van der Waals surface area contributed by atoms with E-state index in [9.17, 15) is 9.59 Å². The molecule has 0 aromatic heterocycles. The molecule has 2 unspecified atom stereocenters. The molecular weight excluding hydrogens is 204 g/mol. The molecule has 0 aromatic carbocycles. The summed E-state index contributed by atoms with van der Waals surface area (Å²) in [5.41, 5.74) is -0.359. The highest BCUT2D eigenvalue weighted by molar-refractivity contribution is 5.66. The summed E-state index contributed by atoms with van der Waals surface area (Å²) in [4.78, 5) is 21.6. The highest BCUT2D eigenvalue weighted by Gasteiger charge is 2.42. The Balaban J connectivity index is 2.65. The van der Waals surface area contributed by atoms with Crippen molar-refractivity contribution in [3.8, 4) is 0 Å². The summed E-state index contributed by atoms with van der Waals surface area (Å²) < 4.78 is 5.48. The summed E-state index contributed by atoms with van der Waals surface area (Å²) in [6, 6.07) is 0. The molecule has 1 rings (SSSR count). The summed E-state index contributed by atoms with van der Waals surface area (Å²) in [6.45, 7) is 5.85. The van der Waals surface area contributed by atoms with Gasteiger partial charge in [0.25, 0.3) is 0 Å². The molecule has 3 heteroatoms. The lowest BCUT2D eigenvalue weighted by molar-refractivity contribution is -0.158. The minimum Gasteiger partial charge on any atom is -0.459 e. The van der Waals surface area contributed by atoms with Crippen molar-refractivity contribution < 1.29 is 14.3 Å². The van der Waals surface area contributed by atoms with E-state index in [4.69, 9.17) is 4.74 Å². The van der Waals surface area contributed by atoms with Crippen molar-refractivity contribution in [2.75, 3.05) is 0 Å². The number of hydrogen-bond acceptors (Lipinski definition) is 3. The first-order valence-electron chi connectivity index (χ1n) is 6.12. The molecule has 0 amide bonds. The van der Waals surface area contributed by atoms with Gasteiger partial charge in [0, 0.05) is 13.3 Å². The van der Waals surface area contributed by atoms with Gasteiger partial charge >= 0.3 is 5.97 Å². The van der Waals surface area contributed by atoms with E-state index in [-0.39, 0.29) is 11.6 Å². The van der Waals surface area contributed by atoms with Gasteiger partial charge in [-0.3, -0.25) is 4.79 Å². The summed E-state index contributed by atoms with van der Waals surface area (Å²) in [5.74, 6) is 1.01. The summed E-state index contributed by atoms with van der Waals surface area (Å²) in [6.07, 6.45) is 5.00. The normalized spacial score (nSPS) is 29.4. The zero-order chi connectivity index (χ0) is 12.2. The van der Waals surface area contributed by atoms with Gasteiger partial charge in [0.15, 0.2) is 0 Å². The van der Waals surface area contributed by atoms with E-state index in [2.05, 4.69) is 13.8 Å². The Morgan fingerprint density at radius 2 is 2.25 bits per heavy atom. The fraction of sp³-hybridized carbons (Fsp3) is 0.846. The van der Waals surface area contributed by atoms with Gasteiger partial charge in [0.05, 0.1) is 0 Å². The highest BCUT2D eigenvalue weighted by atomic mass is 16.6. The van der Waals surface area contributed by atoms with E-state index < -0.39 is 0 Å². The second-order valence-electron chi connectivity index (χ2n) is 5.23. The maximum Gasteiger partial charge on any atom is 0.303 e. The van der Waals surface area contributed by atoms with Crippen molar-refractivity contribution in [1.29, 1.82) is 0 Å². The van der Waals surface area contributed by atoms with Gasteiger partial charge in [-0.05, 0) is 37.5 Å². The monoisotopic (exact) mass is 226 g/mol. The van der Waals surface area contributed by atoms with Gasteiger partial charge < -0.3 is 9.53 Å². The van der Waals surface area contributed by atoms with Gasteiger partial charge in [-0.25, -0.2) is 0 Å². The quantitative estimate of drug-likeness (QED) is 0.534. The van der Waals surface area contributed by atoms with Crippen LogP contribution in [-0.4, -0.2) is 17.9 Å². The standard InChI is InChI=1S/C13H22O3/c1-10(2)12-5-7-13(9-12,6-4-8-14)16-11(3)15/h8,10,12H,4-7,9H2,1-3H3. The molecule has 92 valence electrons. The molecule has 1 aliphatic rings. The molecule has 2 atom stereocenters. The van der Waals surface area contributed by atoms with E-state index in [1.807, 2.05) is 0 Å². The molecule has 0 bridgehead atoms. The Kier molecular flexibility index (Phi) is 4.51. The SMILES string of the molecule is CC(=O)OC1(CCC=O)CCC(C(C)C)C1. The first-order valence-corrected chi connectivity index (χ1v) is 6.12. The van der Waals surface area contributed by atoms with Crippen molar-refractivity contribution in [2.24, 2.45) is 11.8 Å². The molecule has 0 spiro atoms. The molecule has 1 saturated carbocycles. The summed E-state index contributed by atoms with van der Waals surface area (Å²) in [5, 5.41) is 0. The molecule has 0 aromatic rings.